The van der Waals surface area contributed by atoms with Crippen LogP contribution in [0.2, 0.25) is 0 Å². The van der Waals surface area contributed by atoms with E-state index in [2.05, 4.69) is 31.4 Å². The average Bonchev–Trinajstić information content (AvgIpc) is 2.76. The van der Waals surface area contributed by atoms with Crippen molar-refractivity contribution in [3.8, 4) is 0 Å². The van der Waals surface area contributed by atoms with E-state index in [0.717, 1.165) is 36.0 Å². The van der Waals surface area contributed by atoms with Gasteiger partial charge in [-0.2, -0.15) is 5.10 Å². The number of carbonyl (C=O) groups is 1. The maximum Gasteiger partial charge on any atom is 0.410 e. The summed E-state index contributed by atoms with van der Waals surface area (Å²) in [4.78, 5) is 14.4. The second kappa shape index (κ2) is 6.96. The van der Waals surface area contributed by atoms with Crippen molar-refractivity contribution in [2.75, 3.05) is 0 Å². The van der Waals surface area contributed by atoms with Crippen LogP contribution in [0.5, 0.6) is 0 Å². The largest absolute Gasteiger partial charge is 0.444 e. The number of amides is 1. The highest BCUT2D eigenvalue weighted by Crippen LogP contribution is 2.36. The van der Waals surface area contributed by atoms with Gasteiger partial charge >= 0.3 is 6.09 Å². The van der Waals surface area contributed by atoms with E-state index < -0.39 is 5.60 Å². The van der Waals surface area contributed by atoms with Crippen LogP contribution in [-0.4, -0.2) is 44.9 Å². The summed E-state index contributed by atoms with van der Waals surface area (Å²) in [6.45, 7) is 6.46. The van der Waals surface area contributed by atoms with Crippen molar-refractivity contribution in [3.05, 3.63) is 22.4 Å². The maximum absolute atomic E-state index is 12.5. The van der Waals surface area contributed by atoms with Gasteiger partial charge in [-0.15, -0.1) is 5.10 Å². The van der Waals surface area contributed by atoms with Crippen LogP contribution < -0.4 is 5.32 Å². The molecule has 1 aromatic rings. The first kappa shape index (κ1) is 17.6. The highest BCUT2D eigenvalue weighted by molar-refractivity contribution is 9.10. The molecule has 2 aliphatic rings. The van der Waals surface area contributed by atoms with E-state index >= 15 is 0 Å². The summed E-state index contributed by atoms with van der Waals surface area (Å²) in [5.74, 6) is 0. The zero-order valence-electron chi connectivity index (χ0n) is 14.5. The summed E-state index contributed by atoms with van der Waals surface area (Å²) < 4.78 is 6.32. The van der Waals surface area contributed by atoms with Crippen molar-refractivity contribution in [2.45, 2.75) is 76.7 Å². The Hall–Kier alpha value is -1.21. The molecular formula is C17H25BrN4O2. The Morgan fingerprint density at radius 3 is 2.50 bits per heavy atom. The molecule has 2 fully saturated rings. The molecule has 6 nitrogen and oxygen atoms in total. The van der Waals surface area contributed by atoms with Gasteiger partial charge in [0.1, 0.15) is 10.2 Å². The minimum atomic E-state index is -0.439. The molecule has 0 spiro atoms. The van der Waals surface area contributed by atoms with Crippen LogP contribution in [-0.2, 0) is 11.3 Å². The third kappa shape index (κ3) is 4.25. The zero-order chi connectivity index (χ0) is 17.3. The van der Waals surface area contributed by atoms with E-state index in [4.69, 9.17) is 4.74 Å². The number of rotatable bonds is 3. The Balaban J connectivity index is 1.55. The van der Waals surface area contributed by atoms with Gasteiger partial charge in [-0.05, 0) is 74.5 Å². The molecule has 132 valence electrons. The summed E-state index contributed by atoms with van der Waals surface area (Å²) >= 11 is 3.29. The Morgan fingerprint density at radius 2 is 1.96 bits per heavy atom. The lowest BCUT2D eigenvalue weighted by molar-refractivity contribution is 0.00464. The molecule has 7 heteroatoms. The zero-order valence-corrected chi connectivity index (χ0v) is 16.0. The highest BCUT2D eigenvalue weighted by Gasteiger charge is 2.44. The van der Waals surface area contributed by atoms with Crippen molar-refractivity contribution in [1.29, 1.82) is 0 Å². The second-order valence-electron chi connectivity index (χ2n) is 7.67. The molecule has 24 heavy (non-hydrogen) atoms. The van der Waals surface area contributed by atoms with Crippen molar-refractivity contribution >= 4 is 22.0 Å². The summed E-state index contributed by atoms with van der Waals surface area (Å²) in [7, 11) is 0. The lowest BCUT2D eigenvalue weighted by Crippen LogP contribution is -2.52. The van der Waals surface area contributed by atoms with E-state index in [1.54, 1.807) is 0 Å². The van der Waals surface area contributed by atoms with Crippen LogP contribution in [0.4, 0.5) is 4.79 Å². The third-order valence-electron chi connectivity index (χ3n) is 4.60. The fraction of sp³-hybridized carbons (Fsp3) is 0.706. The molecular weight excluding hydrogens is 372 g/mol. The number of aromatic nitrogens is 2. The predicted molar refractivity (Wildman–Crippen MR) is 94.5 cm³/mol. The maximum atomic E-state index is 12.5. The van der Waals surface area contributed by atoms with E-state index in [-0.39, 0.29) is 18.2 Å². The number of ether oxygens (including phenoxy) is 1. The fourth-order valence-electron chi connectivity index (χ4n) is 3.64. The monoisotopic (exact) mass is 396 g/mol. The summed E-state index contributed by atoms with van der Waals surface area (Å²) in [5, 5.41) is 11.7. The lowest BCUT2D eigenvalue weighted by atomic mass is 9.97. The molecule has 0 aliphatic carbocycles. The van der Waals surface area contributed by atoms with Gasteiger partial charge in [0, 0.05) is 24.7 Å². The molecule has 1 aromatic heterocycles. The van der Waals surface area contributed by atoms with Gasteiger partial charge in [0.15, 0.2) is 0 Å². The van der Waals surface area contributed by atoms with Crippen LogP contribution in [0.15, 0.2) is 16.7 Å². The van der Waals surface area contributed by atoms with Gasteiger partial charge < -0.3 is 15.0 Å². The standard InChI is InChI=1S/C17H25BrN4O2/c1-17(2,3)24-16(23)22-13-5-6-14(22)9-12(8-13)19-10-11-4-7-15(18)21-20-11/h4,7,12-14,19H,5-6,8-10H2,1-3H3/t12?,13-,14+. The van der Waals surface area contributed by atoms with Crippen molar-refractivity contribution < 1.29 is 9.53 Å². The van der Waals surface area contributed by atoms with E-state index in [0.29, 0.717) is 12.6 Å². The summed E-state index contributed by atoms with van der Waals surface area (Å²) in [5.41, 5.74) is 0.492. The van der Waals surface area contributed by atoms with Crippen molar-refractivity contribution in [1.82, 2.24) is 20.4 Å². The summed E-state index contributed by atoms with van der Waals surface area (Å²) in [6.07, 6.45) is 3.92. The first-order valence-electron chi connectivity index (χ1n) is 8.54. The topological polar surface area (TPSA) is 67.3 Å². The molecule has 0 saturated carbocycles. The number of nitrogens with zero attached hydrogens (tertiary/aromatic N) is 3. The molecule has 1 amide bonds. The van der Waals surface area contributed by atoms with Crippen LogP contribution in [0, 0.1) is 0 Å². The number of nitrogens with one attached hydrogen (secondary N) is 1. The number of halogens is 1. The quantitative estimate of drug-likeness (QED) is 0.848. The Bertz CT molecular complexity index is 573. The highest BCUT2D eigenvalue weighted by atomic mass is 79.9. The summed E-state index contributed by atoms with van der Waals surface area (Å²) in [6, 6.07) is 4.85. The van der Waals surface area contributed by atoms with Gasteiger partial charge in [-0.25, -0.2) is 4.79 Å². The van der Waals surface area contributed by atoms with Gasteiger partial charge in [-0.3, -0.25) is 0 Å². The number of hydrogen-bond acceptors (Lipinski definition) is 5. The van der Waals surface area contributed by atoms with E-state index in [9.17, 15) is 4.79 Å². The normalized spacial score (nSPS) is 26.5. The number of fused-ring (bicyclic) bond motifs is 2. The number of hydrogen-bond donors (Lipinski definition) is 1. The molecule has 1 N–H and O–H groups in total. The molecule has 3 rings (SSSR count). The first-order valence-corrected chi connectivity index (χ1v) is 9.34. The molecule has 1 unspecified atom stereocenters. The molecule has 2 aliphatic heterocycles. The van der Waals surface area contributed by atoms with Crippen molar-refractivity contribution in [2.24, 2.45) is 0 Å². The van der Waals surface area contributed by atoms with E-state index in [1.165, 1.54) is 0 Å². The van der Waals surface area contributed by atoms with Crippen LogP contribution in [0.3, 0.4) is 0 Å². The predicted octanol–water partition coefficient (Wildman–Crippen LogP) is 3.26. The minimum absolute atomic E-state index is 0.160. The van der Waals surface area contributed by atoms with Crippen LogP contribution >= 0.6 is 15.9 Å². The fourth-order valence-corrected chi connectivity index (χ4v) is 3.85. The second-order valence-corrected chi connectivity index (χ2v) is 8.48. The van der Waals surface area contributed by atoms with Gasteiger partial charge in [0.05, 0.1) is 5.69 Å². The third-order valence-corrected chi connectivity index (χ3v) is 5.02. The number of carbonyl (C=O) groups excluding carboxylic acids is 1. The Morgan fingerprint density at radius 1 is 1.29 bits per heavy atom. The smallest absolute Gasteiger partial charge is 0.410 e. The SMILES string of the molecule is CC(C)(C)OC(=O)N1[C@@H]2CC[C@H]1CC(NCc1ccc(Br)nn1)C2. The molecule has 3 atom stereocenters. The Kier molecular flexibility index (Phi) is 5.11. The minimum Gasteiger partial charge on any atom is -0.444 e. The molecule has 2 bridgehead atoms. The van der Waals surface area contributed by atoms with Gasteiger partial charge in [-0.1, -0.05) is 0 Å². The van der Waals surface area contributed by atoms with Crippen LogP contribution in [0.1, 0.15) is 52.1 Å². The lowest BCUT2D eigenvalue weighted by Gasteiger charge is -2.39. The van der Waals surface area contributed by atoms with Crippen LogP contribution in [0.25, 0.3) is 0 Å². The first-order chi connectivity index (χ1) is 11.3. The molecule has 0 radical (unpaired) electrons. The van der Waals surface area contributed by atoms with Gasteiger partial charge in [0.2, 0.25) is 0 Å². The number of piperidine rings is 1. The van der Waals surface area contributed by atoms with Crippen molar-refractivity contribution in [3.63, 3.8) is 0 Å². The molecule has 2 saturated heterocycles. The molecule has 3 heterocycles. The Labute approximate surface area is 151 Å². The van der Waals surface area contributed by atoms with E-state index in [1.807, 2.05) is 37.8 Å². The molecule has 0 aromatic carbocycles. The average molecular weight is 397 g/mol. The van der Waals surface area contributed by atoms with Gasteiger partial charge in [0.25, 0.3) is 0 Å².